The van der Waals surface area contributed by atoms with E-state index in [1.54, 1.807) is 0 Å². The molecule has 1 rings (SSSR count). The molecule has 13 heavy (non-hydrogen) atoms. The van der Waals surface area contributed by atoms with Crippen molar-refractivity contribution in [2.75, 3.05) is 13.1 Å². The molecule has 0 radical (unpaired) electrons. The Morgan fingerprint density at radius 2 is 2.00 bits per heavy atom. The van der Waals surface area contributed by atoms with Crippen LogP contribution in [0.2, 0.25) is 0 Å². The van der Waals surface area contributed by atoms with E-state index in [0.29, 0.717) is 0 Å². The lowest BCUT2D eigenvalue weighted by molar-refractivity contribution is 0.209. The molecule has 0 bridgehead atoms. The molecule has 1 aliphatic carbocycles. The Hall–Kier alpha value is -0.0800. The van der Waals surface area contributed by atoms with Crippen molar-refractivity contribution in [3.63, 3.8) is 0 Å². The third kappa shape index (κ3) is 3.65. The van der Waals surface area contributed by atoms with E-state index >= 15 is 0 Å². The van der Waals surface area contributed by atoms with Crippen molar-refractivity contribution in [3.05, 3.63) is 0 Å². The van der Waals surface area contributed by atoms with Crippen LogP contribution in [0.3, 0.4) is 0 Å². The predicted molar refractivity (Wildman–Crippen MR) is 57.8 cm³/mol. The van der Waals surface area contributed by atoms with E-state index in [2.05, 4.69) is 25.7 Å². The van der Waals surface area contributed by atoms with Crippen molar-refractivity contribution < 1.29 is 0 Å². The van der Waals surface area contributed by atoms with Gasteiger partial charge in [0.2, 0.25) is 0 Å². The Morgan fingerprint density at radius 3 is 2.38 bits per heavy atom. The zero-order valence-electron chi connectivity index (χ0n) is 9.34. The summed E-state index contributed by atoms with van der Waals surface area (Å²) in [6.45, 7) is 8.85. The Kier molecular flexibility index (Phi) is 3.74. The van der Waals surface area contributed by atoms with Gasteiger partial charge in [-0.3, -0.25) is 4.90 Å². The van der Waals surface area contributed by atoms with Gasteiger partial charge in [0.05, 0.1) is 0 Å². The van der Waals surface area contributed by atoms with Gasteiger partial charge < -0.3 is 5.73 Å². The Balaban J connectivity index is 2.34. The molecule has 1 unspecified atom stereocenters. The topological polar surface area (TPSA) is 29.3 Å². The highest BCUT2D eigenvalue weighted by Crippen LogP contribution is 2.28. The number of hydrogen-bond donors (Lipinski definition) is 1. The lowest BCUT2D eigenvalue weighted by Gasteiger charge is -2.31. The second-order valence-corrected chi connectivity index (χ2v) is 4.70. The van der Waals surface area contributed by atoms with Crippen LogP contribution in [0.4, 0.5) is 0 Å². The Bertz CT molecular complexity index is 150. The lowest BCUT2D eigenvalue weighted by atomic mass is 9.97. The number of hydrogen-bond acceptors (Lipinski definition) is 2. The van der Waals surface area contributed by atoms with Crippen LogP contribution in [0.1, 0.15) is 46.5 Å². The van der Waals surface area contributed by atoms with Crippen molar-refractivity contribution in [2.24, 2.45) is 5.73 Å². The molecule has 2 heteroatoms. The standard InChI is InChI=1S/C11H24N2/c1-4-8-11(3,12)9-13(5-2)10-6-7-10/h10H,4-9,12H2,1-3H3. The maximum atomic E-state index is 6.23. The fourth-order valence-electron chi connectivity index (χ4n) is 2.05. The summed E-state index contributed by atoms with van der Waals surface area (Å²) >= 11 is 0. The van der Waals surface area contributed by atoms with E-state index in [1.165, 1.54) is 19.3 Å². The third-order valence-corrected chi connectivity index (χ3v) is 2.85. The number of likely N-dealkylation sites (N-methyl/N-ethyl adjacent to an activating group) is 1. The van der Waals surface area contributed by atoms with Gasteiger partial charge >= 0.3 is 0 Å². The molecule has 0 aromatic heterocycles. The summed E-state index contributed by atoms with van der Waals surface area (Å²) in [6, 6.07) is 0.852. The molecule has 0 spiro atoms. The fraction of sp³-hybridized carbons (Fsp3) is 1.00. The Labute approximate surface area is 82.5 Å². The van der Waals surface area contributed by atoms with E-state index < -0.39 is 0 Å². The first-order chi connectivity index (χ1) is 6.09. The summed E-state index contributed by atoms with van der Waals surface area (Å²) in [5.41, 5.74) is 6.25. The number of rotatable bonds is 6. The van der Waals surface area contributed by atoms with Gasteiger partial charge in [-0.25, -0.2) is 0 Å². The molecule has 1 atom stereocenters. The van der Waals surface area contributed by atoms with Crippen LogP contribution in [-0.4, -0.2) is 29.6 Å². The van der Waals surface area contributed by atoms with Crippen molar-refractivity contribution in [2.45, 2.75) is 58.0 Å². The van der Waals surface area contributed by atoms with Crippen LogP contribution in [0, 0.1) is 0 Å². The summed E-state index contributed by atoms with van der Waals surface area (Å²) < 4.78 is 0. The summed E-state index contributed by atoms with van der Waals surface area (Å²) in [5, 5.41) is 0. The van der Waals surface area contributed by atoms with Crippen molar-refractivity contribution in [1.29, 1.82) is 0 Å². The van der Waals surface area contributed by atoms with Gasteiger partial charge in [0.25, 0.3) is 0 Å². The SMILES string of the molecule is CCCC(C)(N)CN(CC)C1CC1. The highest BCUT2D eigenvalue weighted by atomic mass is 15.2. The first kappa shape index (κ1) is 11.0. The van der Waals surface area contributed by atoms with E-state index in [4.69, 9.17) is 5.73 Å². The summed E-state index contributed by atoms with van der Waals surface area (Å²) in [4.78, 5) is 2.54. The smallest absolute Gasteiger partial charge is 0.0254 e. The minimum Gasteiger partial charge on any atom is -0.324 e. The van der Waals surface area contributed by atoms with E-state index in [1.807, 2.05) is 0 Å². The maximum Gasteiger partial charge on any atom is 0.0254 e. The van der Waals surface area contributed by atoms with E-state index in [0.717, 1.165) is 25.6 Å². The highest BCUT2D eigenvalue weighted by Gasteiger charge is 2.31. The van der Waals surface area contributed by atoms with Gasteiger partial charge in [0.15, 0.2) is 0 Å². The van der Waals surface area contributed by atoms with Gasteiger partial charge in [0.1, 0.15) is 0 Å². The molecule has 0 aromatic rings. The normalized spacial score (nSPS) is 21.9. The summed E-state index contributed by atoms with van der Waals surface area (Å²) in [6.07, 6.45) is 5.09. The minimum absolute atomic E-state index is 0.0212. The van der Waals surface area contributed by atoms with Gasteiger partial charge in [0, 0.05) is 18.1 Å². The van der Waals surface area contributed by atoms with Crippen LogP contribution in [0.5, 0.6) is 0 Å². The monoisotopic (exact) mass is 184 g/mol. The molecular formula is C11H24N2. The van der Waals surface area contributed by atoms with Gasteiger partial charge in [-0.1, -0.05) is 20.3 Å². The molecule has 0 amide bonds. The average Bonchev–Trinajstić information content (AvgIpc) is 2.82. The third-order valence-electron chi connectivity index (χ3n) is 2.85. The number of nitrogens with two attached hydrogens (primary N) is 1. The van der Waals surface area contributed by atoms with Crippen LogP contribution in [-0.2, 0) is 0 Å². The predicted octanol–water partition coefficient (Wildman–Crippen LogP) is 1.99. The average molecular weight is 184 g/mol. The summed E-state index contributed by atoms with van der Waals surface area (Å²) in [5.74, 6) is 0. The van der Waals surface area contributed by atoms with Crippen LogP contribution < -0.4 is 5.73 Å². The fourth-order valence-corrected chi connectivity index (χ4v) is 2.05. The maximum absolute atomic E-state index is 6.23. The molecule has 0 aliphatic heterocycles. The van der Waals surface area contributed by atoms with Crippen molar-refractivity contribution >= 4 is 0 Å². The molecule has 1 fully saturated rings. The van der Waals surface area contributed by atoms with Crippen LogP contribution in [0.15, 0.2) is 0 Å². The molecular weight excluding hydrogens is 160 g/mol. The molecule has 0 aromatic carbocycles. The molecule has 0 heterocycles. The molecule has 0 saturated heterocycles. The van der Waals surface area contributed by atoms with Crippen molar-refractivity contribution in [3.8, 4) is 0 Å². The molecule has 2 nitrogen and oxygen atoms in total. The highest BCUT2D eigenvalue weighted by molar-refractivity contribution is 4.90. The van der Waals surface area contributed by atoms with Crippen LogP contribution in [0.25, 0.3) is 0 Å². The molecule has 2 N–H and O–H groups in total. The zero-order valence-corrected chi connectivity index (χ0v) is 9.34. The molecule has 78 valence electrons. The van der Waals surface area contributed by atoms with E-state index in [-0.39, 0.29) is 5.54 Å². The first-order valence-electron chi connectivity index (χ1n) is 5.62. The quantitative estimate of drug-likeness (QED) is 0.684. The van der Waals surface area contributed by atoms with Gasteiger partial charge in [-0.2, -0.15) is 0 Å². The van der Waals surface area contributed by atoms with Gasteiger partial charge in [-0.05, 0) is 32.7 Å². The van der Waals surface area contributed by atoms with Crippen molar-refractivity contribution in [1.82, 2.24) is 4.90 Å². The zero-order chi connectivity index (χ0) is 9.90. The molecule has 1 aliphatic rings. The van der Waals surface area contributed by atoms with Gasteiger partial charge in [-0.15, -0.1) is 0 Å². The second-order valence-electron chi connectivity index (χ2n) is 4.70. The van der Waals surface area contributed by atoms with Crippen LogP contribution >= 0.6 is 0 Å². The second kappa shape index (κ2) is 4.43. The number of nitrogens with zero attached hydrogens (tertiary/aromatic N) is 1. The summed E-state index contributed by atoms with van der Waals surface area (Å²) in [7, 11) is 0. The largest absolute Gasteiger partial charge is 0.324 e. The molecule has 1 saturated carbocycles. The minimum atomic E-state index is 0.0212. The lowest BCUT2D eigenvalue weighted by Crippen LogP contribution is -2.48. The van der Waals surface area contributed by atoms with E-state index in [9.17, 15) is 0 Å². The Morgan fingerprint density at radius 1 is 1.38 bits per heavy atom. The first-order valence-corrected chi connectivity index (χ1v) is 5.62.